The Balaban J connectivity index is 1.39. The molecule has 3 aliphatic rings. The summed E-state index contributed by atoms with van der Waals surface area (Å²) in [4.78, 5) is 16.2. The van der Waals surface area contributed by atoms with Crippen molar-refractivity contribution in [2.45, 2.75) is 63.1 Å². The molecule has 2 aromatic rings. The smallest absolute Gasteiger partial charge is 0.373 e. The Hall–Kier alpha value is -2.22. The van der Waals surface area contributed by atoms with Crippen LogP contribution in [0.2, 0.25) is 10.0 Å². The molecule has 39 heavy (non-hydrogen) atoms. The Morgan fingerprint density at radius 3 is 2.31 bits per heavy atom. The lowest BCUT2D eigenvalue weighted by molar-refractivity contribution is -0.137. The maximum absolute atomic E-state index is 13.9. The van der Waals surface area contributed by atoms with Crippen molar-refractivity contribution in [1.82, 2.24) is 15.5 Å². The van der Waals surface area contributed by atoms with Gasteiger partial charge in [-0.05, 0) is 92.8 Å². The van der Waals surface area contributed by atoms with Crippen molar-refractivity contribution in [2.75, 3.05) is 26.2 Å². The molecule has 2 aliphatic heterocycles. The zero-order chi connectivity index (χ0) is 27.8. The van der Waals surface area contributed by atoms with Crippen molar-refractivity contribution >= 4 is 29.1 Å². The Morgan fingerprint density at radius 1 is 1.08 bits per heavy atom. The standard InChI is InChI=1S/C30H34Cl2F3N3O/c1-2-26(38-15-12-28(13-16-38)11-14-36-19-28)25(17-20-3-5-21(6-4-20)30(33,34)35)37-27(39)29(9-10-29)23-8-7-22(31)18-24(23)32/h2-8,18,25,36H,9-17,19H2,1H3,(H,37,39). The predicted octanol–water partition coefficient (Wildman–Crippen LogP) is 6.75. The first-order valence-electron chi connectivity index (χ1n) is 13.6. The maximum Gasteiger partial charge on any atom is 0.416 e. The number of likely N-dealkylation sites (tertiary alicyclic amines) is 1. The molecule has 2 aromatic carbocycles. The summed E-state index contributed by atoms with van der Waals surface area (Å²) in [5.74, 6) is -0.114. The largest absolute Gasteiger partial charge is 0.416 e. The van der Waals surface area contributed by atoms with Crippen LogP contribution in [0.15, 0.2) is 54.2 Å². The van der Waals surface area contributed by atoms with Gasteiger partial charge in [-0.25, -0.2) is 0 Å². The third-order valence-corrected chi connectivity index (χ3v) is 9.38. The van der Waals surface area contributed by atoms with Gasteiger partial charge in [-0.1, -0.05) is 47.5 Å². The van der Waals surface area contributed by atoms with E-state index in [0.29, 0.717) is 34.7 Å². The highest BCUT2D eigenvalue weighted by Gasteiger charge is 2.53. The summed E-state index contributed by atoms with van der Waals surface area (Å²) in [5.41, 5.74) is 1.43. The van der Waals surface area contributed by atoms with E-state index in [2.05, 4.69) is 15.5 Å². The third-order valence-electron chi connectivity index (χ3n) is 8.83. The number of carbonyl (C=O) groups excluding carboxylic acids is 1. The van der Waals surface area contributed by atoms with Crippen molar-refractivity contribution in [3.8, 4) is 0 Å². The molecule has 2 saturated heterocycles. The van der Waals surface area contributed by atoms with E-state index < -0.39 is 23.2 Å². The highest BCUT2D eigenvalue weighted by atomic mass is 35.5. The summed E-state index contributed by atoms with van der Waals surface area (Å²) in [7, 11) is 0. The van der Waals surface area contributed by atoms with Crippen LogP contribution in [0.3, 0.4) is 0 Å². The molecule has 9 heteroatoms. The van der Waals surface area contributed by atoms with Crippen LogP contribution in [0.1, 0.15) is 55.7 Å². The highest BCUT2D eigenvalue weighted by Crippen LogP contribution is 2.51. The average molecular weight is 581 g/mol. The van der Waals surface area contributed by atoms with Gasteiger partial charge in [-0.3, -0.25) is 4.79 Å². The first-order valence-corrected chi connectivity index (χ1v) is 14.4. The van der Waals surface area contributed by atoms with E-state index in [4.69, 9.17) is 23.2 Å². The van der Waals surface area contributed by atoms with Crippen LogP contribution in [0.5, 0.6) is 0 Å². The van der Waals surface area contributed by atoms with E-state index in [1.54, 1.807) is 12.1 Å². The molecule has 210 valence electrons. The number of benzene rings is 2. The third kappa shape index (κ3) is 5.96. The number of piperidine rings is 1. The number of hydrogen-bond acceptors (Lipinski definition) is 3. The number of alkyl halides is 3. The van der Waals surface area contributed by atoms with Gasteiger partial charge in [0.2, 0.25) is 5.91 Å². The molecule has 5 rings (SSSR count). The molecule has 1 aliphatic carbocycles. The van der Waals surface area contributed by atoms with E-state index >= 15 is 0 Å². The number of hydrogen-bond donors (Lipinski definition) is 2. The van der Waals surface area contributed by atoms with Gasteiger partial charge in [0, 0.05) is 35.4 Å². The first kappa shape index (κ1) is 28.3. The van der Waals surface area contributed by atoms with Crippen molar-refractivity contribution in [1.29, 1.82) is 0 Å². The number of carbonyl (C=O) groups is 1. The number of rotatable bonds is 7. The van der Waals surface area contributed by atoms with Crippen LogP contribution < -0.4 is 10.6 Å². The van der Waals surface area contributed by atoms with Crippen molar-refractivity contribution in [2.24, 2.45) is 5.41 Å². The monoisotopic (exact) mass is 579 g/mol. The molecule has 0 aromatic heterocycles. The number of nitrogens with one attached hydrogen (secondary N) is 2. The van der Waals surface area contributed by atoms with E-state index in [9.17, 15) is 18.0 Å². The van der Waals surface area contributed by atoms with Gasteiger partial charge in [0.15, 0.2) is 0 Å². The summed E-state index contributed by atoms with van der Waals surface area (Å²) in [5, 5.41) is 7.76. The van der Waals surface area contributed by atoms with E-state index in [-0.39, 0.29) is 5.91 Å². The minimum atomic E-state index is -4.39. The number of halogens is 5. The normalized spacial score (nSPS) is 21.2. The molecule has 1 spiro atoms. The lowest BCUT2D eigenvalue weighted by atomic mass is 9.77. The number of allylic oxidation sites excluding steroid dienone is 1. The van der Waals surface area contributed by atoms with E-state index in [0.717, 1.165) is 68.0 Å². The van der Waals surface area contributed by atoms with Gasteiger partial charge in [0.25, 0.3) is 0 Å². The summed E-state index contributed by atoms with van der Waals surface area (Å²) in [6.07, 6.45) is 2.71. The molecule has 2 heterocycles. The molecule has 0 radical (unpaired) electrons. The van der Waals surface area contributed by atoms with Gasteiger partial charge in [-0.15, -0.1) is 0 Å². The SMILES string of the molecule is CC=C(C(Cc1ccc(C(F)(F)F)cc1)NC(=O)C1(c2ccc(Cl)cc2Cl)CC1)N1CCC2(CCNC2)CC1. The second-order valence-corrected chi connectivity index (χ2v) is 12.1. The Bertz CT molecular complexity index is 1230. The Kier molecular flexibility index (Phi) is 7.97. The van der Waals surface area contributed by atoms with Crippen LogP contribution in [-0.2, 0) is 22.8 Å². The molecular weight excluding hydrogens is 546 g/mol. The molecule has 2 N–H and O–H groups in total. The molecule has 1 amide bonds. The molecule has 1 saturated carbocycles. The maximum atomic E-state index is 13.9. The summed E-state index contributed by atoms with van der Waals surface area (Å²) >= 11 is 12.6. The quantitative estimate of drug-likeness (QED) is 0.381. The van der Waals surface area contributed by atoms with Gasteiger partial charge in [-0.2, -0.15) is 13.2 Å². The van der Waals surface area contributed by atoms with Gasteiger partial charge in [0.1, 0.15) is 0 Å². The first-order chi connectivity index (χ1) is 18.6. The zero-order valence-corrected chi connectivity index (χ0v) is 23.5. The molecular formula is C30H34Cl2F3N3O. The second-order valence-electron chi connectivity index (χ2n) is 11.3. The number of amides is 1. The van der Waals surface area contributed by atoms with Crippen molar-refractivity contribution < 1.29 is 18.0 Å². The summed E-state index contributed by atoms with van der Waals surface area (Å²) in [6, 6.07) is 10.1. The molecule has 3 fully saturated rings. The fourth-order valence-corrected chi connectivity index (χ4v) is 6.87. The Labute approximate surface area is 237 Å². The lowest BCUT2D eigenvalue weighted by Crippen LogP contribution is -2.49. The van der Waals surface area contributed by atoms with Crippen molar-refractivity contribution in [3.63, 3.8) is 0 Å². The van der Waals surface area contributed by atoms with E-state index in [1.807, 2.05) is 19.1 Å². The van der Waals surface area contributed by atoms with Gasteiger partial charge in [0.05, 0.1) is 17.0 Å². The lowest BCUT2D eigenvalue weighted by Gasteiger charge is -2.43. The highest BCUT2D eigenvalue weighted by molar-refractivity contribution is 6.35. The van der Waals surface area contributed by atoms with Crippen LogP contribution >= 0.6 is 23.2 Å². The summed E-state index contributed by atoms with van der Waals surface area (Å²) < 4.78 is 39.5. The van der Waals surface area contributed by atoms with Crippen molar-refractivity contribution in [3.05, 3.63) is 81.0 Å². The fraction of sp³-hybridized carbons (Fsp3) is 0.500. The van der Waals surface area contributed by atoms with Gasteiger partial charge >= 0.3 is 6.18 Å². The fourth-order valence-electron chi connectivity index (χ4n) is 6.28. The molecule has 1 atom stereocenters. The minimum Gasteiger partial charge on any atom is -0.373 e. The van der Waals surface area contributed by atoms with Crippen LogP contribution in [-0.4, -0.2) is 43.0 Å². The predicted molar refractivity (Wildman–Crippen MR) is 149 cm³/mol. The zero-order valence-electron chi connectivity index (χ0n) is 22.0. The Morgan fingerprint density at radius 2 is 1.77 bits per heavy atom. The molecule has 4 nitrogen and oxygen atoms in total. The molecule has 0 bridgehead atoms. The summed E-state index contributed by atoms with van der Waals surface area (Å²) in [6.45, 7) is 5.83. The number of nitrogens with zero attached hydrogens (tertiary/aromatic N) is 1. The average Bonchev–Trinajstić information content (AvgIpc) is 3.58. The van der Waals surface area contributed by atoms with Gasteiger partial charge < -0.3 is 15.5 Å². The van der Waals surface area contributed by atoms with Crippen LogP contribution in [0, 0.1) is 5.41 Å². The molecule has 1 unspecified atom stereocenters. The minimum absolute atomic E-state index is 0.114. The topological polar surface area (TPSA) is 44.4 Å². The van der Waals surface area contributed by atoms with Crippen LogP contribution in [0.25, 0.3) is 0 Å². The second kappa shape index (κ2) is 11.0. The van der Waals surface area contributed by atoms with E-state index in [1.165, 1.54) is 18.6 Å². The van der Waals surface area contributed by atoms with Crippen LogP contribution in [0.4, 0.5) is 13.2 Å².